The Balaban J connectivity index is 2.84. The average Bonchev–Trinajstić information content (AvgIpc) is 2.36. The first-order valence-electron chi connectivity index (χ1n) is 5.51. The van der Waals surface area contributed by atoms with Crippen LogP contribution < -0.4 is 9.47 Å². The number of carbonyl (C=O) groups excluding carboxylic acids is 1. The summed E-state index contributed by atoms with van der Waals surface area (Å²) in [6, 6.07) is 4.91. The van der Waals surface area contributed by atoms with Gasteiger partial charge < -0.3 is 14.6 Å². The number of benzene rings is 1. The molecule has 94 valence electrons. The number of carbonyl (C=O) groups is 1. The molecule has 1 aromatic rings. The van der Waals surface area contributed by atoms with E-state index in [1.807, 2.05) is 6.92 Å². The highest BCUT2D eigenvalue weighted by Crippen LogP contribution is 2.28. The third kappa shape index (κ3) is 3.75. The fourth-order valence-electron chi connectivity index (χ4n) is 1.21. The number of hydrogen-bond donors (Lipinski definition) is 1. The van der Waals surface area contributed by atoms with Gasteiger partial charge >= 0.3 is 0 Å². The van der Waals surface area contributed by atoms with Gasteiger partial charge in [-0.2, -0.15) is 0 Å². The Morgan fingerprint density at radius 1 is 1.41 bits per heavy atom. The zero-order valence-corrected chi connectivity index (χ0v) is 10.4. The van der Waals surface area contributed by atoms with Crippen molar-refractivity contribution in [3.63, 3.8) is 0 Å². The fourth-order valence-corrected chi connectivity index (χ4v) is 1.21. The molecule has 0 saturated carbocycles. The number of ether oxygens (including phenoxy) is 2. The summed E-state index contributed by atoms with van der Waals surface area (Å²) < 4.78 is 10.6. The Morgan fingerprint density at radius 2 is 2.12 bits per heavy atom. The van der Waals surface area contributed by atoms with Gasteiger partial charge in [0.2, 0.25) is 0 Å². The Hall–Kier alpha value is -1.55. The molecular formula is C13H18O4. The maximum atomic E-state index is 10.7. The van der Waals surface area contributed by atoms with Gasteiger partial charge in [0.05, 0.1) is 12.7 Å². The summed E-state index contributed by atoms with van der Waals surface area (Å²) in [6.45, 7) is 3.73. The summed E-state index contributed by atoms with van der Waals surface area (Å²) in [4.78, 5) is 10.7. The monoisotopic (exact) mass is 238 g/mol. The van der Waals surface area contributed by atoms with E-state index in [4.69, 9.17) is 9.47 Å². The zero-order chi connectivity index (χ0) is 12.9. The van der Waals surface area contributed by atoms with E-state index < -0.39 is 5.60 Å². The van der Waals surface area contributed by atoms with E-state index in [9.17, 15) is 9.90 Å². The van der Waals surface area contributed by atoms with E-state index in [2.05, 4.69) is 0 Å². The van der Waals surface area contributed by atoms with Crippen LogP contribution in [0, 0.1) is 0 Å². The molecule has 4 heteroatoms. The molecule has 0 fully saturated rings. The largest absolute Gasteiger partial charge is 0.493 e. The van der Waals surface area contributed by atoms with Crippen LogP contribution in [0.4, 0.5) is 0 Å². The van der Waals surface area contributed by atoms with Gasteiger partial charge in [-0.15, -0.1) is 0 Å². The molecule has 0 aromatic heterocycles. The molecule has 4 nitrogen and oxygen atoms in total. The van der Waals surface area contributed by atoms with Gasteiger partial charge in [-0.1, -0.05) is 6.92 Å². The van der Waals surface area contributed by atoms with Crippen molar-refractivity contribution in [1.29, 1.82) is 0 Å². The highest BCUT2D eigenvalue weighted by molar-refractivity contribution is 5.76. The van der Waals surface area contributed by atoms with E-state index in [-0.39, 0.29) is 6.61 Å². The van der Waals surface area contributed by atoms with Gasteiger partial charge in [-0.25, -0.2) is 0 Å². The van der Waals surface area contributed by atoms with Crippen LogP contribution >= 0.6 is 0 Å². The molecule has 0 spiro atoms. The van der Waals surface area contributed by atoms with Crippen LogP contribution in [0.1, 0.15) is 30.6 Å². The Morgan fingerprint density at radius 3 is 2.65 bits per heavy atom. The number of hydrogen-bond acceptors (Lipinski definition) is 4. The zero-order valence-electron chi connectivity index (χ0n) is 10.4. The summed E-state index contributed by atoms with van der Waals surface area (Å²) in [5.41, 5.74) is -0.376. The van der Waals surface area contributed by atoms with E-state index >= 15 is 0 Å². The van der Waals surface area contributed by atoms with Crippen molar-refractivity contribution in [3.05, 3.63) is 23.8 Å². The number of aldehydes is 1. The molecule has 0 aliphatic heterocycles. The predicted octanol–water partition coefficient (Wildman–Crippen LogP) is 2.05. The van der Waals surface area contributed by atoms with E-state index in [1.54, 1.807) is 25.1 Å². The molecule has 0 radical (unpaired) electrons. The quantitative estimate of drug-likeness (QED) is 0.771. The second-order valence-corrected chi connectivity index (χ2v) is 4.17. The van der Waals surface area contributed by atoms with Crippen LogP contribution in [0.15, 0.2) is 18.2 Å². The second kappa shape index (κ2) is 5.68. The van der Waals surface area contributed by atoms with Crippen LogP contribution in [0.25, 0.3) is 0 Å². The normalized spacial score (nSPS) is 13.9. The van der Waals surface area contributed by atoms with Crippen LogP contribution in [0.5, 0.6) is 11.5 Å². The minimum absolute atomic E-state index is 0.155. The van der Waals surface area contributed by atoms with Crippen molar-refractivity contribution in [2.75, 3.05) is 13.7 Å². The minimum atomic E-state index is -0.887. The summed E-state index contributed by atoms with van der Waals surface area (Å²) in [7, 11) is 1.53. The predicted molar refractivity (Wildman–Crippen MR) is 64.8 cm³/mol. The third-order valence-corrected chi connectivity index (χ3v) is 2.62. The maximum Gasteiger partial charge on any atom is 0.162 e. The Kier molecular flexibility index (Phi) is 4.52. The second-order valence-electron chi connectivity index (χ2n) is 4.17. The highest BCUT2D eigenvalue weighted by Gasteiger charge is 2.19. The van der Waals surface area contributed by atoms with Gasteiger partial charge in [-0.05, 0) is 31.5 Å². The molecule has 0 bridgehead atoms. The molecule has 0 saturated heterocycles. The van der Waals surface area contributed by atoms with Crippen molar-refractivity contribution in [2.24, 2.45) is 0 Å². The Bertz CT molecular complexity index is 385. The van der Waals surface area contributed by atoms with Crippen LogP contribution in [0.2, 0.25) is 0 Å². The van der Waals surface area contributed by atoms with Gasteiger partial charge in [0.15, 0.2) is 11.5 Å². The van der Waals surface area contributed by atoms with Crippen LogP contribution in [-0.4, -0.2) is 30.7 Å². The first-order chi connectivity index (χ1) is 8.02. The van der Waals surface area contributed by atoms with Gasteiger partial charge in [0.25, 0.3) is 0 Å². The van der Waals surface area contributed by atoms with Crippen molar-refractivity contribution in [3.8, 4) is 11.5 Å². The summed E-state index contributed by atoms with van der Waals surface area (Å²) >= 11 is 0. The molecule has 0 aliphatic rings. The number of aliphatic hydroxyl groups is 1. The average molecular weight is 238 g/mol. The molecule has 1 unspecified atom stereocenters. The molecular weight excluding hydrogens is 220 g/mol. The topological polar surface area (TPSA) is 55.8 Å². The molecule has 17 heavy (non-hydrogen) atoms. The van der Waals surface area contributed by atoms with Crippen LogP contribution in [0.3, 0.4) is 0 Å². The summed E-state index contributed by atoms with van der Waals surface area (Å²) in [5, 5.41) is 9.84. The van der Waals surface area contributed by atoms with Crippen molar-refractivity contribution in [1.82, 2.24) is 0 Å². The van der Waals surface area contributed by atoms with Gasteiger partial charge in [0, 0.05) is 5.56 Å². The lowest BCUT2D eigenvalue weighted by molar-refractivity contribution is 0.00775. The SMILES string of the molecule is CCC(C)(O)COc1cc(C=O)ccc1OC. The lowest BCUT2D eigenvalue weighted by Crippen LogP contribution is -2.31. The smallest absolute Gasteiger partial charge is 0.162 e. The molecule has 0 amide bonds. The lowest BCUT2D eigenvalue weighted by atomic mass is 10.1. The van der Waals surface area contributed by atoms with Crippen molar-refractivity contribution >= 4 is 6.29 Å². The van der Waals surface area contributed by atoms with Crippen molar-refractivity contribution < 1.29 is 19.4 Å². The Labute approximate surface area is 101 Å². The third-order valence-electron chi connectivity index (χ3n) is 2.62. The first-order valence-corrected chi connectivity index (χ1v) is 5.51. The van der Waals surface area contributed by atoms with E-state index in [0.717, 1.165) is 6.29 Å². The fraction of sp³-hybridized carbons (Fsp3) is 0.462. The van der Waals surface area contributed by atoms with E-state index in [0.29, 0.717) is 23.5 Å². The van der Waals surface area contributed by atoms with Gasteiger partial charge in [0.1, 0.15) is 12.9 Å². The lowest BCUT2D eigenvalue weighted by Gasteiger charge is -2.22. The number of rotatable bonds is 6. The minimum Gasteiger partial charge on any atom is -0.493 e. The summed E-state index contributed by atoms with van der Waals surface area (Å²) in [5.74, 6) is 1.01. The molecule has 1 N–H and O–H groups in total. The number of methoxy groups -OCH3 is 1. The van der Waals surface area contributed by atoms with Gasteiger partial charge in [-0.3, -0.25) is 4.79 Å². The molecule has 0 aliphatic carbocycles. The van der Waals surface area contributed by atoms with Crippen molar-refractivity contribution in [2.45, 2.75) is 25.9 Å². The highest BCUT2D eigenvalue weighted by atomic mass is 16.5. The standard InChI is InChI=1S/C13H18O4/c1-4-13(2,15)9-17-12-7-10(8-14)5-6-11(12)16-3/h5-8,15H,4,9H2,1-3H3. The van der Waals surface area contributed by atoms with Crippen LogP contribution in [-0.2, 0) is 0 Å². The molecule has 0 heterocycles. The first kappa shape index (κ1) is 13.5. The molecule has 1 aromatic carbocycles. The summed E-state index contributed by atoms with van der Waals surface area (Å²) in [6.07, 6.45) is 1.33. The molecule has 1 atom stereocenters. The maximum absolute atomic E-state index is 10.7. The van der Waals surface area contributed by atoms with E-state index in [1.165, 1.54) is 7.11 Å². The molecule has 1 rings (SSSR count).